The minimum Gasteiger partial charge on any atom is -0.195 e. The predicted molar refractivity (Wildman–Crippen MR) is 108 cm³/mol. The van der Waals surface area contributed by atoms with Gasteiger partial charge in [-0.15, -0.1) is 11.8 Å². The molecule has 3 rings (SSSR count). The summed E-state index contributed by atoms with van der Waals surface area (Å²) in [6.07, 6.45) is 1.56. The summed E-state index contributed by atoms with van der Waals surface area (Å²) < 4.78 is 42.1. The van der Waals surface area contributed by atoms with Crippen LogP contribution in [0.1, 0.15) is 5.56 Å². The Balaban J connectivity index is 2.25. The third-order valence-electron chi connectivity index (χ3n) is 4.01. The van der Waals surface area contributed by atoms with Gasteiger partial charge in [0.2, 0.25) is 0 Å². The summed E-state index contributed by atoms with van der Waals surface area (Å²) in [6, 6.07) is 15.4. The molecule has 6 heteroatoms. The maximum atomic E-state index is 13.1. The third-order valence-corrected chi connectivity index (χ3v) is 5.64. The van der Waals surface area contributed by atoms with E-state index in [0.29, 0.717) is 10.1 Å². The molecule has 0 N–H and O–H groups in total. The summed E-state index contributed by atoms with van der Waals surface area (Å²) in [6.45, 7) is 0. The molecule has 0 radical (unpaired) electrons. The largest absolute Gasteiger partial charge is 0.416 e. The topological polar surface area (TPSA) is 3.88 Å². The number of thioether (sulfide) groups is 1. The Labute approximate surface area is 168 Å². The van der Waals surface area contributed by atoms with Crippen molar-refractivity contribution in [3.05, 3.63) is 72.6 Å². The second-order valence-electron chi connectivity index (χ2n) is 5.70. The summed E-state index contributed by atoms with van der Waals surface area (Å²) in [4.78, 5) is 0.969. The summed E-state index contributed by atoms with van der Waals surface area (Å²) in [5.74, 6) is 0. The molecule has 134 valence electrons. The SMILES string of the molecule is CSc1c(-c2ccccc2)c[n+](CI)cc1-c1cccc(C(F)(F)F)c1. The highest BCUT2D eigenvalue weighted by Gasteiger charge is 2.31. The van der Waals surface area contributed by atoms with Gasteiger partial charge < -0.3 is 0 Å². The quantitative estimate of drug-likeness (QED) is 0.178. The molecule has 1 heterocycles. The van der Waals surface area contributed by atoms with E-state index >= 15 is 0 Å². The first-order valence-corrected chi connectivity index (χ1v) is 10.6. The molecule has 0 bridgehead atoms. The normalized spacial score (nSPS) is 11.6. The fourth-order valence-corrected chi connectivity index (χ4v) is 3.99. The Hall–Kier alpha value is -1.54. The van der Waals surface area contributed by atoms with Crippen molar-refractivity contribution in [1.82, 2.24) is 0 Å². The van der Waals surface area contributed by atoms with Crippen LogP contribution in [0, 0.1) is 0 Å². The van der Waals surface area contributed by atoms with Gasteiger partial charge in [0.15, 0.2) is 16.9 Å². The number of aromatic nitrogens is 1. The number of halogens is 4. The summed E-state index contributed by atoms with van der Waals surface area (Å²) in [5.41, 5.74) is 2.81. The van der Waals surface area contributed by atoms with Crippen LogP contribution >= 0.6 is 34.4 Å². The maximum absolute atomic E-state index is 13.1. The molecule has 26 heavy (non-hydrogen) atoms. The van der Waals surface area contributed by atoms with Crippen molar-refractivity contribution in [2.75, 3.05) is 6.26 Å². The van der Waals surface area contributed by atoms with Crippen molar-refractivity contribution in [3.63, 3.8) is 0 Å². The van der Waals surface area contributed by atoms with Gasteiger partial charge in [0.25, 0.3) is 0 Å². The van der Waals surface area contributed by atoms with Crippen molar-refractivity contribution >= 4 is 34.4 Å². The molecule has 0 atom stereocenters. The van der Waals surface area contributed by atoms with E-state index in [-0.39, 0.29) is 0 Å². The highest BCUT2D eigenvalue weighted by atomic mass is 127. The second kappa shape index (κ2) is 8.00. The molecule has 0 aliphatic rings. The molecule has 0 amide bonds. The lowest BCUT2D eigenvalue weighted by atomic mass is 10.00. The van der Waals surface area contributed by atoms with Crippen molar-refractivity contribution in [2.45, 2.75) is 15.6 Å². The van der Waals surface area contributed by atoms with E-state index in [1.54, 1.807) is 17.8 Å². The zero-order valence-corrected chi connectivity index (χ0v) is 16.9. The molecule has 1 aromatic heterocycles. The first-order valence-electron chi connectivity index (χ1n) is 7.84. The molecule has 0 aliphatic heterocycles. The van der Waals surface area contributed by atoms with Gasteiger partial charge in [-0.2, -0.15) is 17.7 Å². The van der Waals surface area contributed by atoms with Gasteiger partial charge in [-0.25, -0.2) is 0 Å². The van der Waals surface area contributed by atoms with Crippen molar-refractivity contribution in [1.29, 1.82) is 0 Å². The van der Waals surface area contributed by atoms with Crippen LogP contribution < -0.4 is 4.57 Å². The molecule has 0 saturated carbocycles. The monoisotopic (exact) mass is 486 g/mol. The number of benzene rings is 2. The Bertz CT molecular complexity index is 911. The highest BCUT2D eigenvalue weighted by Crippen LogP contribution is 2.39. The van der Waals surface area contributed by atoms with Gasteiger partial charge in [0.05, 0.1) is 16.7 Å². The summed E-state index contributed by atoms with van der Waals surface area (Å²) >= 11 is 3.79. The van der Waals surface area contributed by atoms with Crippen LogP contribution in [-0.2, 0) is 10.7 Å². The molecule has 0 unspecified atom stereocenters. The number of hydrogen-bond acceptors (Lipinski definition) is 1. The van der Waals surface area contributed by atoms with Gasteiger partial charge in [-0.1, -0.05) is 42.5 Å². The number of nitrogens with zero attached hydrogens (tertiary/aromatic N) is 1. The fourth-order valence-electron chi connectivity index (χ4n) is 2.81. The zero-order chi connectivity index (χ0) is 18.7. The van der Waals surface area contributed by atoms with Crippen molar-refractivity contribution in [2.24, 2.45) is 0 Å². The molecule has 0 spiro atoms. The molecule has 2 aromatic carbocycles. The third kappa shape index (κ3) is 4.06. The van der Waals surface area contributed by atoms with Gasteiger partial charge >= 0.3 is 6.18 Å². The van der Waals surface area contributed by atoms with Crippen LogP contribution in [0.4, 0.5) is 13.2 Å². The molecule has 0 fully saturated rings. The smallest absolute Gasteiger partial charge is 0.195 e. The zero-order valence-electron chi connectivity index (χ0n) is 13.9. The molecule has 0 saturated heterocycles. The standard InChI is InChI=1S/C20H16F3INS/c1-26-19-17(14-6-3-2-4-7-14)11-25(13-24)12-18(19)15-8-5-9-16(10-15)20(21,22)23/h2-12H,13H2,1H3/q+1. The van der Waals surface area contributed by atoms with E-state index in [1.807, 2.05) is 53.5 Å². The van der Waals surface area contributed by atoms with Gasteiger partial charge in [-0.05, 0) is 52.1 Å². The van der Waals surface area contributed by atoms with Crippen LogP contribution in [0.15, 0.2) is 71.9 Å². The number of hydrogen-bond donors (Lipinski definition) is 0. The van der Waals surface area contributed by atoms with E-state index in [4.69, 9.17) is 0 Å². The molecule has 1 nitrogen and oxygen atoms in total. The lowest BCUT2D eigenvalue weighted by Crippen LogP contribution is -2.30. The Morgan fingerprint density at radius 2 is 1.54 bits per heavy atom. The highest BCUT2D eigenvalue weighted by molar-refractivity contribution is 14.1. The summed E-state index contributed by atoms with van der Waals surface area (Å²) in [7, 11) is 0. The average molecular weight is 486 g/mol. The van der Waals surface area contributed by atoms with E-state index in [1.165, 1.54) is 12.1 Å². The van der Waals surface area contributed by atoms with Gasteiger partial charge in [0.1, 0.15) is 0 Å². The van der Waals surface area contributed by atoms with Crippen molar-refractivity contribution in [3.8, 4) is 22.3 Å². The first kappa shape index (κ1) is 19.2. The minimum atomic E-state index is -4.36. The Kier molecular flexibility index (Phi) is 5.92. The van der Waals surface area contributed by atoms with Crippen molar-refractivity contribution < 1.29 is 17.7 Å². The average Bonchev–Trinajstić information content (AvgIpc) is 2.67. The molecular weight excluding hydrogens is 470 g/mol. The number of rotatable bonds is 4. The Morgan fingerprint density at radius 3 is 2.12 bits per heavy atom. The van der Waals surface area contributed by atoms with Gasteiger partial charge in [-0.3, -0.25) is 0 Å². The minimum absolute atomic E-state index is 0.570. The number of pyridine rings is 1. The van der Waals surface area contributed by atoms with E-state index in [2.05, 4.69) is 22.6 Å². The lowest BCUT2D eigenvalue weighted by Gasteiger charge is -2.14. The van der Waals surface area contributed by atoms with Crippen LogP contribution in [0.3, 0.4) is 0 Å². The fraction of sp³-hybridized carbons (Fsp3) is 0.150. The first-order chi connectivity index (χ1) is 12.4. The predicted octanol–water partition coefficient (Wildman–Crippen LogP) is 6.44. The van der Waals surface area contributed by atoms with Crippen LogP contribution in [0.25, 0.3) is 22.3 Å². The van der Waals surface area contributed by atoms with Crippen LogP contribution in [0.5, 0.6) is 0 Å². The van der Waals surface area contributed by atoms with E-state index < -0.39 is 11.7 Å². The maximum Gasteiger partial charge on any atom is 0.416 e. The van der Waals surface area contributed by atoms with Gasteiger partial charge in [0, 0.05) is 4.90 Å². The number of alkyl halides is 4. The molecular formula is C20H16F3INS+. The Morgan fingerprint density at radius 1 is 0.923 bits per heavy atom. The van der Waals surface area contributed by atoms with E-state index in [0.717, 1.165) is 27.7 Å². The van der Waals surface area contributed by atoms with Crippen LogP contribution in [-0.4, -0.2) is 6.26 Å². The molecule has 0 aliphatic carbocycles. The second-order valence-corrected chi connectivity index (χ2v) is 7.20. The molecule has 3 aromatic rings. The van der Waals surface area contributed by atoms with E-state index in [9.17, 15) is 13.2 Å². The lowest BCUT2D eigenvalue weighted by molar-refractivity contribution is -0.670. The summed E-state index contributed by atoms with van der Waals surface area (Å²) in [5, 5.41) is 0. The van der Waals surface area contributed by atoms with Crippen LogP contribution in [0.2, 0.25) is 0 Å².